The maximum Gasteiger partial charge on any atom is 0.472 e. The molecule has 0 bridgehead atoms. The Labute approximate surface area is 708 Å². The van der Waals surface area contributed by atoms with E-state index in [0.29, 0.717) is 25.7 Å². The molecule has 17 nitrogen and oxygen atoms in total. The van der Waals surface area contributed by atoms with Gasteiger partial charge in [0.1, 0.15) is 19.3 Å². The molecule has 684 valence electrons. The van der Waals surface area contributed by atoms with Gasteiger partial charge in [-0.2, -0.15) is 0 Å². The average molecular weight is 1680 g/mol. The Bertz CT molecular complexity index is 2200. The van der Waals surface area contributed by atoms with Crippen molar-refractivity contribution in [1.29, 1.82) is 0 Å². The van der Waals surface area contributed by atoms with Crippen LogP contribution < -0.4 is 0 Å². The Balaban J connectivity index is 5.22. The van der Waals surface area contributed by atoms with Gasteiger partial charge in [0, 0.05) is 25.7 Å². The number of esters is 4. The Morgan fingerprint density at radius 2 is 0.400 bits per heavy atom. The summed E-state index contributed by atoms with van der Waals surface area (Å²) >= 11 is 0. The quantitative estimate of drug-likeness (QED) is 0.0222. The number of hydrogen-bond acceptors (Lipinski definition) is 15. The van der Waals surface area contributed by atoms with Gasteiger partial charge in [-0.1, -0.05) is 466 Å². The first-order chi connectivity index (χ1) is 55.7. The molecule has 0 spiro atoms. The van der Waals surface area contributed by atoms with Gasteiger partial charge in [0.05, 0.1) is 26.4 Å². The minimum Gasteiger partial charge on any atom is -0.462 e. The van der Waals surface area contributed by atoms with Gasteiger partial charge in [-0.3, -0.25) is 37.3 Å². The number of unbranched alkanes of at least 4 members (excludes halogenated alkanes) is 62. The third-order valence-corrected chi connectivity index (χ3v) is 24.5. The zero-order chi connectivity index (χ0) is 84.3. The lowest BCUT2D eigenvalue weighted by molar-refractivity contribution is -0.161. The van der Waals surface area contributed by atoms with E-state index >= 15 is 0 Å². The molecular weight excluding hydrogens is 1490 g/mol. The van der Waals surface area contributed by atoms with Crippen LogP contribution in [0, 0.1) is 17.8 Å². The summed E-state index contributed by atoms with van der Waals surface area (Å²) in [4.78, 5) is 73.6. The van der Waals surface area contributed by atoms with Crippen LogP contribution in [0.25, 0.3) is 0 Å². The molecule has 0 heterocycles. The third-order valence-electron chi connectivity index (χ3n) is 22.6. The lowest BCUT2D eigenvalue weighted by atomic mass is 10.0. The number of phosphoric ester groups is 2. The predicted octanol–water partition coefficient (Wildman–Crippen LogP) is 30.0. The molecule has 19 heteroatoms. The Hall–Kier alpha value is -1.94. The van der Waals surface area contributed by atoms with Crippen LogP contribution in [0.4, 0.5) is 0 Å². The molecular formula is C96H188O17P2. The zero-order valence-corrected chi connectivity index (χ0v) is 78.1. The molecule has 0 aromatic rings. The van der Waals surface area contributed by atoms with E-state index in [-0.39, 0.29) is 25.7 Å². The molecule has 0 aliphatic rings. The number of rotatable bonds is 94. The fourth-order valence-electron chi connectivity index (χ4n) is 15.1. The summed E-state index contributed by atoms with van der Waals surface area (Å²) in [6.45, 7) is 12.1. The fourth-order valence-corrected chi connectivity index (χ4v) is 16.7. The van der Waals surface area contributed by atoms with E-state index < -0.39 is 97.5 Å². The molecule has 0 aliphatic heterocycles. The van der Waals surface area contributed by atoms with Crippen LogP contribution in [-0.2, 0) is 65.4 Å². The van der Waals surface area contributed by atoms with Crippen molar-refractivity contribution in [1.82, 2.24) is 0 Å². The summed E-state index contributed by atoms with van der Waals surface area (Å²) in [5.41, 5.74) is 0. The van der Waals surface area contributed by atoms with Gasteiger partial charge in [-0.25, -0.2) is 9.13 Å². The van der Waals surface area contributed by atoms with E-state index in [9.17, 15) is 43.2 Å². The van der Waals surface area contributed by atoms with Crippen LogP contribution in [0.2, 0.25) is 0 Å². The van der Waals surface area contributed by atoms with Crippen molar-refractivity contribution in [3.63, 3.8) is 0 Å². The highest BCUT2D eigenvalue weighted by Gasteiger charge is 2.31. The van der Waals surface area contributed by atoms with Crippen LogP contribution in [0.1, 0.15) is 517 Å². The maximum atomic E-state index is 13.2. The molecule has 0 saturated heterocycles. The first kappa shape index (κ1) is 113. The molecule has 0 rings (SSSR count). The lowest BCUT2D eigenvalue weighted by Crippen LogP contribution is -2.30. The Morgan fingerprint density at radius 3 is 0.591 bits per heavy atom. The van der Waals surface area contributed by atoms with Crippen LogP contribution in [0.5, 0.6) is 0 Å². The second-order valence-electron chi connectivity index (χ2n) is 35.9. The minimum atomic E-state index is -4.97. The Morgan fingerprint density at radius 1 is 0.235 bits per heavy atom. The van der Waals surface area contributed by atoms with Crippen molar-refractivity contribution >= 4 is 39.5 Å². The highest BCUT2D eigenvalue weighted by atomic mass is 31.2. The van der Waals surface area contributed by atoms with Crippen molar-refractivity contribution in [3.05, 3.63) is 0 Å². The normalized spacial score (nSPS) is 13.7. The second kappa shape index (κ2) is 85.6. The second-order valence-corrected chi connectivity index (χ2v) is 38.8. The number of ether oxygens (including phenoxy) is 4. The summed E-state index contributed by atoms with van der Waals surface area (Å²) < 4.78 is 69.2. The summed E-state index contributed by atoms with van der Waals surface area (Å²) in [5, 5.41) is 10.7. The molecule has 0 amide bonds. The molecule has 0 radical (unpaired) electrons. The predicted molar refractivity (Wildman–Crippen MR) is 478 cm³/mol. The fraction of sp³-hybridized carbons (Fsp3) is 0.958. The van der Waals surface area contributed by atoms with E-state index in [1.54, 1.807) is 0 Å². The standard InChI is InChI=1S/C96H188O17P2/c1-8-9-10-11-12-13-14-15-16-17-18-19-20-21-29-34-39-44-49-58-65-72-79-95(100)112-91(83-106-93(98)77-70-63-56-48-43-38-33-28-24-22-26-31-36-41-46-53-60-67-74-87(2)3)85-110-114(102,103)108-81-90(97)82-109-115(104,105)111-86-92(84-107-94(99)78-71-64-57-52-51-55-62-69-76-89(6)7)113-96(101)80-73-66-59-50-45-40-35-30-25-23-27-32-37-42-47-54-61-68-75-88(4)5/h87-92,97H,8-86H2,1-7H3,(H,102,103)(H,104,105)/t90-,91-,92-/m1/s1. The number of aliphatic hydroxyl groups is 1. The highest BCUT2D eigenvalue weighted by molar-refractivity contribution is 7.47. The molecule has 0 saturated carbocycles. The molecule has 0 aliphatic carbocycles. The van der Waals surface area contributed by atoms with Gasteiger partial charge in [0.2, 0.25) is 0 Å². The molecule has 5 atom stereocenters. The lowest BCUT2D eigenvalue weighted by Gasteiger charge is -2.21. The first-order valence-electron chi connectivity index (χ1n) is 49.3. The van der Waals surface area contributed by atoms with Crippen LogP contribution in [-0.4, -0.2) is 96.7 Å². The Kier molecular flexibility index (Phi) is 84.2. The van der Waals surface area contributed by atoms with Crippen molar-refractivity contribution in [2.45, 2.75) is 535 Å². The molecule has 0 aromatic carbocycles. The number of phosphoric acid groups is 2. The SMILES string of the molecule is CCCCCCCCCCCCCCCCCCCCCCCCC(=O)O[C@H](COC(=O)CCCCCCCCCCCCCCCCCCCCC(C)C)COP(=O)(O)OC[C@@H](O)COP(=O)(O)OC[C@@H](COC(=O)CCCCCCCCCCC(C)C)OC(=O)CCCCCCCCCCCCCCCCCCCCC(C)C. The monoisotopic (exact) mass is 1680 g/mol. The average Bonchev–Trinajstić information content (AvgIpc) is 0.899. The van der Waals surface area contributed by atoms with E-state index in [2.05, 4.69) is 48.5 Å². The van der Waals surface area contributed by atoms with E-state index in [4.69, 9.17) is 37.0 Å². The molecule has 3 N–H and O–H groups in total. The number of carbonyl (C=O) groups is 4. The van der Waals surface area contributed by atoms with Crippen LogP contribution >= 0.6 is 15.6 Å². The molecule has 0 fully saturated rings. The number of hydrogen-bond donors (Lipinski definition) is 3. The van der Waals surface area contributed by atoms with Crippen LogP contribution in [0.15, 0.2) is 0 Å². The molecule has 2 unspecified atom stereocenters. The molecule has 0 aromatic heterocycles. The smallest absolute Gasteiger partial charge is 0.462 e. The van der Waals surface area contributed by atoms with Gasteiger partial charge < -0.3 is 33.8 Å². The van der Waals surface area contributed by atoms with Gasteiger partial charge in [0.25, 0.3) is 0 Å². The van der Waals surface area contributed by atoms with Crippen molar-refractivity contribution in [3.8, 4) is 0 Å². The maximum absolute atomic E-state index is 13.2. The summed E-state index contributed by atoms with van der Waals surface area (Å²) in [5.74, 6) is 0.275. The van der Waals surface area contributed by atoms with Gasteiger partial charge in [0.15, 0.2) is 12.2 Å². The minimum absolute atomic E-state index is 0.108. The van der Waals surface area contributed by atoms with Crippen molar-refractivity contribution in [2.75, 3.05) is 39.6 Å². The molecule has 115 heavy (non-hydrogen) atoms. The van der Waals surface area contributed by atoms with Crippen molar-refractivity contribution < 1.29 is 80.2 Å². The summed E-state index contributed by atoms with van der Waals surface area (Å²) in [7, 11) is -9.94. The van der Waals surface area contributed by atoms with E-state index in [1.165, 1.54) is 327 Å². The highest BCUT2D eigenvalue weighted by Crippen LogP contribution is 2.45. The topological polar surface area (TPSA) is 237 Å². The van der Waals surface area contributed by atoms with Gasteiger partial charge in [-0.15, -0.1) is 0 Å². The van der Waals surface area contributed by atoms with E-state index in [0.717, 1.165) is 108 Å². The largest absolute Gasteiger partial charge is 0.472 e. The first-order valence-corrected chi connectivity index (χ1v) is 52.3. The zero-order valence-electron chi connectivity index (χ0n) is 76.3. The van der Waals surface area contributed by atoms with Gasteiger partial charge >= 0.3 is 39.5 Å². The van der Waals surface area contributed by atoms with Gasteiger partial charge in [-0.05, 0) is 43.4 Å². The summed E-state index contributed by atoms with van der Waals surface area (Å²) in [6.07, 6.45) is 80.9. The number of aliphatic hydroxyl groups excluding tert-OH is 1. The summed E-state index contributed by atoms with van der Waals surface area (Å²) in [6, 6.07) is 0. The van der Waals surface area contributed by atoms with E-state index in [1.807, 2.05) is 0 Å². The van der Waals surface area contributed by atoms with Crippen LogP contribution in [0.3, 0.4) is 0 Å². The third kappa shape index (κ3) is 89.6. The number of carbonyl (C=O) groups excluding carboxylic acids is 4. The van der Waals surface area contributed by atoms with Crippen molar-refractivity contribution in [2.24, 2.45) is 17.8 Å².